The Morgan fingerprint density at radius 2 is 1.79 bits per heavy atom. The van der Waals surface area contributed by atoms with Gasteiger partial charge in [0.05, 0.1) is 7.11 Å². The second-order valence-corrected chi connectivity index (χ2v) is 8.88. The quantitative estimate of drug-likeness (QED) is 0.517. The van der Waals surface area contributed by atoms with E-state index in [2.05, 4.69) is 31.2 Å². The van der Waals surface area contributed by atoms with Gasteiger partial charge in [-0.3, -0.25) is 5.14 Å². The zero-order chi connectivity index (χ0) is 19.4. The minimum atomic E-state index is 0. The average Bonchev–Trinajstić information content (AvgIpc) is 3.03. The Labute approximate surface area is 180 Å². The normalized spacial score (nSPS) is 21.5. The number of methoxy groups -OCH3 is 1. The lowest BCUT2D eigenvalue weighted by atomic mass is 9.97. The van der Waals surface area contributed by atoms with Gasteiger partial charge in [-0.15, -0.1) is 0 Å². The molecule has 2 fully saturated rings. The van der Waals surface area contributed by atoms with Gasteiger partial charge in [0.2, 0.25) is 0 Å². The minimum Gasteiger partial charge on any atom is -0.496 e. The van der Waals surface area contributed by atoms with Crippen LogP contribution >= 0.6 is 23.5 Å². The van der Waals surface area contributed by atoms with Gasteiger partial charge >= 0.3 is 0 Å². The summed E-state index contributed by atoms with van der Waals surface area (Å²) in [5.41, 5.74) is 3.30. The Morgan fingerprint density at radius 3 is 2.29 bits per heavy atom. The first-order chi connectivity index (χ1) is 13.1. The number of rotatable bonds is 4. The van der Waals surface area contributed by atoms with Gasteiger partial charge in [0, 0.05) is 9.92 Å². The Kier molecular flexibility index (Phi) is 8.30. The largest absolute Gasteiger partial charge is 0.496 e. The summed E-state index contributed by atoms with van der Waals surface area (Å²) >= 11 is 7.06. The Hall–Kier alpha value is -1.16. The predicted molar refractivity (Wildman–Crippen MR) is 123 cm³/mol. The highest BCUT2D eigenvalue weighted by molar-refractivity contribution is 7.97. The van der Waals surface area contributed by atoms with E-state index in [9.17, 15) is 0 Å². The summed E-state index contributed by atoms with van der Waals surface area (Å²) in [4.78, 5) is 1.17. The van der Waals surface area contributed by atoms with Crippen molar-refractivity contribution in [2.75, 3.05) is 7.11 Å². The third-order valence-electron chi connectivity index (χ3n) is 6.36. The van der Waals surface area contributed by atoms with Crippen molar-refractivity contribution in [1.29, 1.82) is 0 Å². The van der Waals surface area contributed by atoms with Crippen LogP contribution in [0.5, 0.6) is 5.75 Å². The van der Waals surface area contributed by atoms with Crippen LogP contribution in [0.1, 0.15) is 63.5 Å². The molecule has 4 rings (SSSR count). The highest BCUT2D eigenvalue weighted by Gasteiger charge is 2.63. The summed E-state index contributed by atoms with van der Waals surface area (Å²) in [6.45, 7) is 4.32. The Morgan fingerprint density at radius 1 is 1.14 bits per heavy atom. The maximum Gasteiger partial charge on any atom is 0.121 e. The molecule has 2 aromatic rings. The van der Waals surface area contributed by atoms with Crippen LogP contribution in [0.25, 0.3) is 0 Å². The minimum absolute atomic E-state index is 0. The molecule has 2 nitrogen and oxygen atoms in total. The van der Waals surface area contributed by atoms with Crippen LogP contribution in [0.3, 0.4) is 0 Å². The molecule has 1 spiro atoms. The first-order valence-corrected chi connectivity index (χ1v) is 11.1. The molecule has 0 heterocycles. The summed E-state index contributed by atoms with van der Waals surface area (Å²) in [6, 6.07) is 14.5. The third-order valence-corrected chi connectivity index (χ3v) is 7.14. The highest BCUT2D eigenvalue weighted by atomic mass is 35.5. The van der Waals surface area contributed by atoms with E-state index in [1.807, 2.05) is 25.1 Å². The first kappa shape index (κ1) is 23.1. The van der Waals surface area contributed by atoms with E-state index < -0.39 is 0 Å². The molecule has 0 bridgehead atoms. The molecule has 28 heavy (non-hydrogen) atoms. The number of benzene rings is 2. The molecule has 154 valence electrons. The Bertz CT molecular complexity index is 756. The summed E-state index contributed by atoms with van der Waals surface area (Å²) in [5.74, 6) is 2.66. The van der Waals surface area contributed by atoms with Crippen molar-refractivity contribution >= 4 is 23.5 Å². The van der Waals surface area contributed by atoms with Gasteiger partial charge in [-0.1, -0.05) is 57.3 Å². The molecule has 0 saturated heterocycles. The molecule has 4 heteroatoms. The van der Waals surface area contributed by atoms with Crippen LogP contribution in [0, 0.1) is 18.3 Å². The second kappa shape index (κ2) is 10.0. The smallest absolute Gasteiger partial charge is 0.121 e. The van der Waals surface area contributed by atoms with E-state index in [0.29, 0.717) is 5.41 Å². The van der Waals surface area contributed by atoms with Crippen molar-refractivity contribution in [2.45, 2.75) is 64.2 Å². The lowest BCUT2D eigenvalue weighted by molar-refractivity contribution is 0.411. The van der Waals surface area contributed by atoms with Gasteiger partial charge in [-0.2, -0.15) is 0 Å². The molecule has 0 amide bonds. The number of hydrogen-bond donors (Lipinski definition) is 1. The van der Waals surface area contributed by atoms with Gasteiger partial charge in [-0.25, -0.2) is 0 Å². The third kappa shape index (κ3) is 4.69. The topological polar surface area (TPSA) is 35.2 Å². The molecular formula is C24H34ClNOS. The number of aryl methyl sites for hydroxylation is 1. The number of halogens is 1. The van der Waals surface area contributed by atoms with Crippen LogP contribution in [0.15, 0.2) is 47.4 Å². The maximum atomic E-state index is 5.72. The first-order valence-electron chi connectivity index (χ1n) is 9.82. The predicted octanol–water partition coefficient (Wildman–Crippen LogP) is 7.63. The fourth-order valence-electron chi connectivity index (χ4n) is 5.09. The zero-order valence-corrected chi connectivity index (χ0v) is 18.1. The maximum absolute atomic E-state index is 5.72. The van der Waals surface area contributed by atoms with Gasteiger partial charge in [0.1, 0.15) is 5.75 Å². The van der Waals surface area contributed by atoms with Crippen molar-refractivity contribution in [3.63, 3.8) is 0 Å². The monoisotopic (exact) mass is 419 g/mol. The van der Waals surface area contributed by atoms with Crippen LogP contribution in [-0.4, -0.2) is 7.11 Å². The molecule has 2 aliphatic carbocycles. The molecule has 2 unspecified atom stereocenters. The molecule has 2 aromatic carbocycles. The fraction of sp³-hybridized carbons (Fsp3) is 0.500. The van der Waals surface area contributed by atoms with E-state index in [4.69, 9.17) is 21.5 Å². The van der Waals surface area contributed by atoms with Crippen LogP contribution in [-0.2, 0) is 0 Å². The fourth-order valence-corrected chi connectivity index (χ4v) is 5.61. The highest BCUT2D eigenvalue weighted by Crippen LogP contribution is 2.73. The van der Waals surface area contributed by atoms with Gasteiger partial charge < -0.3 is 4.74 Å². The molecule has 0 radical (unpaired) electrons. The van der Waals surface area contributed by atoms with E-state index in [-0.39, 0.29) is 7.43 Å². The molecule has 2 aliphatic rings. The summed E-state index contributed by atoms with van der Waals surface area (Å²) in [6.07, 6.45) is 7.17. The summed E-state index contributed by atoms with van der Waals surface area (Å²) in [5, 5.41) is 6.33. The lowest BCUT2D eigenvalue weighted by Crippen LogP contribution is -1.97. The van der Waals surface area contributed by atoms with Gasteiger partial charge in [0.15, 0.2) is 0 Å². The number of nitrogens with two attached hydrogens (primary N) is 1. The molecular weight excluding hydrogens is 386 g/mol. The number of ether oxygens (including phenoxy) is 1. The van der Waals surface area contributed by atoms with Crippen molar-refractivity contribution in [2.24, 2.45) is 16.5 Å². The van der Waals surface area contributed by atoms with Crippen molar-refractivity contribution < 1.29 is 4.74 Å². The lowest BCUT2D eigenvalue weighted by Gasteiger charge is -2.08. The van der Waals surface area contributed by atoms with E-state index in [1.165, 1.54) is 48.9 Å². The summed E-state index contributed by atoms with van der Waals surface area (Å²) < 4.78 is 5.04. The van der Waals surface area contributed by atoms with Crippen LogP contribution < -0.4 is 9.88 Å². The molecule has 2 N–H and O–H groups in total. The second-order valence-electron chi connectivity index (χ2n) is 7.73. The van der Waals surface area contributed by atoms with E-state index in [0.717, 1.165) is 28.2 Å². The van der Waals surface area contributed by atoms with Gasteiger partial charge in [0.25, 0.3) is 0 Å². The molecule has 0 aliphatic heterocycles. The standard InChI is InChI=1S/C15H21NS.C8H9ClO.CH4/c1-2-13-14(15(13)9-3-4-10-15)11-5-7-12(17-16)8-6-11;1-6-5-7(9)3-4-8(6)10-2;/h5-8,13-14H,2-4,9-10,16H2,1H3;3-5H,1-2H3;1H4. The number of hydrogen-bond acceptors (Lipinski definition) is 3. The summed E-state index contributed by atoms with van der Waals surface area (Å²) in [7, 11) is 1.65. The molecule has 2 saturated carbocycles. The van der Waals surface area contributed by atoms with E-state index in [1.54, 1.807) is 12.7 Å². The van der Waals surface area contributed by atoms with Crippen molar-refractivity contribution in [1.82, 2.24) is 0 Å². The SMILES string of the molecule is C.CCC1C(c2ccc(SN)cc2)C12CCCC2.COc1ccc(Cl)cc1C. The average molecular weight is 420 g/mol. The zero-order valence-electron chi connectivity index (χ0n) is 16.5. The Balaban J connectivity index is 0.000000221. The van der Waals surface area contributed by atoms with E-state index >= 15 is 0 Å². The van der Waals surface area contributed by atoms with Crippen molar-refractivity contribution in [3.05, 3.63) is 58.6 Å². The van der Waals surface area contributed by atoms with Crippen LogP contribution in [0.4, 0.5) is 0 Å². The van der Waals surface area contributed by atoms with Crippen LogP contribution in [0.2, 0.25) is 5.02 Å². The van der Waals surface area contributed by atoms with Gasteiger partial charge in [-0.05, 0) is 90.4 Å². The molecule has 0 aromatic heterocycles. The molecule has 2 atom stereocenters. The van der Waals surface area contributed by atoms with Crippen molar-refractivity contribution in [3.8, 4) is 5.75 Å².